The van der Waals surface area contributed by atoms with Crippen molar-refractivity contribution in [3.05, 3.63) is 0 Å². The molecule has 18 heavy (non-hydrogen) atoms. The predicted molar refractivity (Wildman–Crippen MR) is 74.8 cm³/mol. The van der Waals surface area contributed by atoms with Crippen LogP contribution in [-0.4, -0.2) is 43.5 Å². The van der Waals surface area contributed by atoms with Gasteiger partial charge in [0.05, 0.1) is 6.10 Å². The summed E-state index contributed by atoms with van der Waals surface area (Å²) in [6.07, 6.45) is 6.85. The molecule has 1 rings (SSSR count). The van der Waals surface area contributed by atoms with Gasteiger partial charge in [-0.3, -0.25) is 4.90 Å². The van der Waals surface area contributed by atoms with Gasteiger partial charge in [-0.1, -0.05) is 20.8 Å². The molecule has 1 saturated heterocycles. The largest absolute Gasteiger partial charge is 0.377 e. The Balaban J connectivity index is 2.48. The van der Waals surface area contributed by atoms with E-state index in [1.54, 1.807) is 0 Å². The number of piperidine rings is 1. The normalized spacial score (nSPS) is 22.1. The fourth-order valence-electron chi connectivity index (χ4n) is 2.70. The number of ether oxygens (including phenoxy) is 1. The van der Waals surface area contributed by atoms with Gasteiger partial charge in [0, 0.05) is 25.1 Å². The highest BCUT2D eigenvalue weighted by molar-refractivity contribution is 5.59. The molecule has 0 saturated carbocycles. The molecule has 1 aliphatic heterocycles. The van der Waals surface area contributed by atoms with Crippen LogP contribution in [0.1, 0.15) is 52.9 Å². The summed E-state index contributed by atoms with van der Waals surface area (Å²) >= 11 is 0. The fraction of sp³-hybridized carbons (Fsp3) is 0.933. The smallest absolute Gasteiger partial charge is 0.127 e. The molecule has 3 nitrogen and oxygen atoms in total. The van der Waals surface area contributed by atoms with Gasteiger partial charge in [0.1, 0.15) is 6.29 Å². The molecule has 0 radical (unpaired) electrons. The summed E-state index contributed by atoms with van der Waals surface area (Å²) in [5.74, 6) is 0. The average molecular weight is 255 g/mol. The summed E-state index contributed by atoms with van der Waals surface area (Å²) in [5.41, 5.74) is -0.146. The highest BCUT2D eigenvalue weighted by Gasteiger charge is 2.30. The summed E-state index contributed by atoms with van der Waals surface area (Å²) in [6.45, 7) is 10.2. The molecule has 1 fully saturated rings. The molecule has 0 bridgehead atoms. The number of likely N-dealkylation sites (tertiary alicyclic amines) is 1. The zero-order valence-electron chi connectivity index (χ0n) is 12.3. The fourth-order valence-corrected chi connectivity index (χ4v) is 2.70. The number of carbonyl (C=O) groups excluding carboxylic acids is 1. The van der Waals surface area contributed by atoms with Gasteiger partial charge in [0.15, 0.2) is 0 Å². The Bertz CT molecular complexity index is 239. The van der Waals surface area contributed by atoms with Crippen molar-refractivity contribution in [1.82, 2.24) is 4.90 Å². The maximum atomic E-state index is 11.4. The SMILES string of the molecule is CCCOC1CCCN(CC(C=O)(CC)CC)C1. The minimum Gasteiger partial charge on any atom is -0.377 e. The Hall–Kier alpha value is -0.410. The van der Waals surface area contributed by atoms with E-state index in [0.29, 0.717) is 6.10 Å². The van der Waals surface area contributed by atoms with Gasteiger partial charge in [-0.2, -0.15) is 0 Å². The molecule has 1 unspecified atom stereocenters. The molecule has 106 valence electrons. The van der Waals surface area contributed by atoms with E-state index in [1.165, 1.54) is 19.1 Å². The maximum Gasteiger partial charge on any atom is 0.127 e. The van der Waals surface area contributed by atoms with E-state index in [-0.39, 0.29) is 5.41 Å². The average Bonchev–Trinajstić information content (AvgIpc) is 2.43. The Labute approximate surface area is 112 Å². The van der Waals surface area contributed by atoms with Crippen molar-refractivity contribution in [1.29, 1.82) is 0 Å². The molecular formula is C15H29NO2. The summed E-state index contributed by atoms with van der Waals surface area (Å²) in [7, 11) is 0. The lowest BCUT2D eigenvalue weighted by Crippen LogP contribution is -2.46. The quantitative estimate of drug-likeness (QED) is 0.625. The Kier molecular flexibility index (Phi) is 6.87. The Morgan fingerprint density at radius 3 is 2.61 bits per heavy atom. The number of carbonyl (C=O) groups is 1. The summed E-state index contributed by atoms with van der Waals surface area (Å²) in [4.78, 5) is 13.8. The second-order valence-electron chi connectivity index (χ2n) is 5.56. The van der Waals surface area contributed by atoms with Gasteiger partial charge in [0.2, 0.25) is 0 Å². The number of hydrogen-bond acceptors (Lipinski definition) is 3. The molecular weight excluding hydrogens is 226 g/mol. The lowest BCUT2D eigenvalue weighted by atomic mass is 9.83. The summed E-state index contributed by atoms with van der Waals surface area (Å²) in [5, 5.41) is 0. The van der Waals surface area contributed by atoms with Gasteiger partial charge in [-0.15, -0.1) is 0 Å². The Morgan fingerprint density at radius 2 is 2.06 bits per heavy atom. The van der Waals surface area contributed by atoms with E-state index in [0.717, 1.165) is 45.5 Å². The first-order chi connectivity index (χ1) is 8.69. The van der Waals surface area contributed by atoms with Crippen LogP contribution in [0.5, 0.6) is 0 Å². The van der Waals surface area contributed by atoms with Crippen LogP contribution >= 0.6 is 0 Å². The van der Waals surface area contributed by atoms with E-state index in [1.807, 2.05) is 0 Å². The van der Waals surface area contributed by atoms with E-state index in [4.69, 9.17) is 4.74 Å². The molecule has 1 atom stereocenters. The molecule has 0 aromatic carbocycles. The van der Waals surface area contributed by atoms with Crippen molar-refractivity contribution in [3.8, 4) is 0 Å². The molecule has 0 aromatic rings. The van der Waals surface area contributed by atoms with Gasteiger partial charge >= 0.3 is 0 Å². The zero-order chi connectivity index (χ0) is 13.4. The standard InChI is InChI=1S/C15H29NO2/c1-4-10-18-14-8-7-9-16(11-14)12-15(5-2,6-3)13-17/h13-14H,4-12H2,1-3H3. The molecule has 0 N–H and O–H groups in total. The minimum atomic E-state index is -0.146. The number of hydrogen-bond donors (Lipinski definition) is 0. The topological polar surface area (TPSA) is 29.5 Å². The number of aldehydes is 1. The van der Waals surface area contributed by atoms with Crippen molar-refractivity contribution in [2.75, 3.05) is 26.2 Å². The van der Waals surface area contributed by atoms with Gasteiger partial charge in [-0.05, 0) is 38.6 Å². The molecule has 0 amide bonds. The van der Waals surface area contributed by atoms with E-state index in [2.05, 4.69) is 25.7 Å². The third-order valence-electron chi connectivity index (χ3n) is 4.22. The van der Waals surface area contributed by atoms with Crippen molar-refractivity contribution < 1.29 is 9.53 Å². The van der Waals surface area contributed by atoms with Crippen molar-refractivity contribution in [3.63, 3.8) is 0 Å². The van der Waals surface area contributed by atoms with Crippen LogP contribution in [0.2, 0.25) is 0 Å². The van der Waals surface area contributed by atoms with Gasteiger partial charge < -0.3 is 9.53 Å². The van der Waals surface area contributed by atoms with Crippen LogP contribution in [0, 0.1) is 5.41 Å². The van der Waals surface area contributed by atoms with E-state index in [9.17, 15) is 4.79 Å². The van der Waals surface area contributed by atoms with Crippen molar-refractivity contribution in [2.45, 2.75) is 59.0 Å². The second-order valence-corrected chi connectivity index (χ2v) is 5.56. The third-order valence-corrected chi connectivity index (χ3v) is 4.22. The monoisotopic (exact) mass is 255 g/mol. The van der Waals surface area contributed by atoms with Gasteiger partial charge in [-0.25, -0.2) is 0 Å². The highest BCUT2D eigenvalue weighted by atomic mass is 16.5. The van der Waals surface area contributed by atoms with Crippen LogP contribution in [0.4, 0.5) is 0 Å². The van der Waals surface area contributed by atoms with Crippen LogP contribution in [0.3, 0.4) is 0 Å². The molecule has 0 aromatic heterocycles. The second kappa shape index (κ2) is 7.90. The van der Waals surface area contributed by atoms with E-state index < -0.39 is 0 Å². The van der Waals surface area contributed by atoms with Crippen LogP contribution < -0.4 is 0 Å². The van der Waals surface area contributed by atoms with Crippen LogP contribution in [-0.2, 0) is 9.53 Å². The van der Waals surface area contributed by atoms with Crippen LogP contribution in [0.25, 0.3) is 0 Å². The molecule has 1 aliphatic rings. The highest BCUT2D eigenvalue weighted by Crippen LogP contribution is 2.26. The van der Waals surface area contributed by atoms with E-state index >= 15 is 0 Å². The molecule has 0 aliphatic carbocycles. The first kappa shape index (κ1) is 15.6. The zero-order valence-corrected chi connectivity index (χ0v) is 12.3. The molecule has 0 spiro atoms. The summed E-state index contributed by atoms with van der Waals surface area (Å²) < 4.78 is 5.85. The maximum absolute atomic E-state index is 11.4. The summed E-state index contributed by atoms with van der Waals surface area (Å²) in [6, 6.07) is 0. The minimum absolute atomic E-state index is 0.146. The van der Waals surface area contributed by atoms with Crippen molar-refractivity contribution >= 4 is 6.29 Å². The predicted octanol–water partition coefficient (Wildman–Crippen LogP) is 2.88. The van der Waals surface area contributed by atoms with Crippen LogP contribution in [0.15, 0.2) is 0 Å². The lowest BCUT2D eigenvalue weighted by molar-refractivity contribution is -0.118. The van der Waals surface area contributed by atoms with Gasteiger partial charge in [0.25, 0.3) is 0 Å². The lowest BCUT2D eigenvalue weighted by Gasteiger charge is -2.38. The first-order valence-corrected chi connectivity index (χ1v) is 7.50. The number of rotatable bonds is 8. The van der Waals surface area contributed by atoms with Crippen molar-refractivity contribution in [2.24, 2.45) is 5.41 Å². The first-order valence-electron chi connectivity index (χ1n) is 7.50. The molecule has 1 heterocycles. The Morgan fingerprint density at radius 1 is 1.33 bits per heavy atom. The third kappa shape index (κ3) is 4.36. The number of nitrogens with zero attached hydrogens (tertiary/aromatic N) is 1. The molecule has 3 heteroatoms.